The minimum atomic E-state index is 0.561. The predicted molar refractivity (Wildman–Crippen MR) is 120 cm³/mol. The topological polar surface area (TPSA) is 66.0 Å². The lowest BCUT2D eigenvalue weighted by Gasteiger charge is -2.11. The number of allylic oxidation sites excluding steroid dienone is 1. The number of nitriles is 1. The van der Waals surface area contributed by atoms with E-state index in [2.05, 4.69) is 16.0 Å². The molecule has 2 aromatic carbocycles. The van der Waals surface area contributed by atoms with Crippen molar-refractivity contribution >= 4 is 51.5 Å². The number of benzene rings is 2. The lowest BCUT2D eigenvalue weighted by molar-refractivity contribution is 0.489. The average molecular weight is 419 g/mol. The van der Waals surface area contributed by atoms with Crippen LogP contribution < -0.4 is 4.90 Å². The predicted octanol–water partition coefficient (Wildman–Crippen LogP) is 5.71. The number of hydrogen-bond donors (Lipinski definition) is 0. The van der Waals surface area contributed by atoms with Crippen molar-refractivity contribution in [1.82, 2.24) is 9.97 Å². The van der Waals surface area contributed by atoms with Gasteiger partial charge in [-0.2, -0.15) is 5.26 Å². The summed E-state index contributed by atoms with van der Waals surface area (Å²) in [5.74, 6) is 0.638. The van der Waals surface area contributed by atoms with E-state index in [0.29, 0.717) is 16.5 Å². The largest absolute Gasteiger partial charge is 0.431 e. The van der Waals surface area contributed by atoms with Crippen molar-refractivity contribution < 1.29 is 4.42 Å². The number of aromatic nitrogens is 2. The Hall–Kier alpha value is -3.08. The molecule has 2 aromatic heterocycles. The summed E-state index contributed by atoms with van der Waals surface area (Å²) < 4.78 is 5.73. The Kier molecular flexibility index (Phi) is 5.65. The maximum Gasteiger partial charge on any atom is 0.257 e. The van der Waals surface area contributed by atoms with Gasteiger partial charge in [-0.05, 0) is 35.9 Å². The fourth-order valence-corrected chi connectivity index (χ4v) is 4.34. The summed E-state index contributed by atoms with van der Waals surface area (Å²) in [5.41, 5.74) is 5.19. The number of hydrogen-bond acceptors (Lipinski definition) is 7. The highest BCUT2D eigenvalue weighted by atomic mass is 32.2. The van der Waals surface area contributed by atoms with Crippen LogP contribution >= 0.6 is 23.1 Å². The number of nitrogens with zero attached hydrogens (tertiary/aromatic N) is 4. The maximum atomic E-state index is 9.59. The molecule has 0 aliphatic heterocycles. The van der Waals surface area contributed by atoms with Crippen molar-refractivity contribution in [2.45, 2.75) is 11.0 Å². The van der Waals surface area contributed by atoms with E-state index in [-0.39, 0.29) is 0 Å². The van der Waals surface area contributed by atoms with Gasteiger partial charge in [0.15, 0.2) is 5.58 Å². The Morgan fingerprint density at radius 2 is 1.97 bits per heavy atom. The Bertz CT molecular complexity index is 1170. The van der Waals surface area contributed by atoms with Gasteiger partial charge in [-0.25, -0.2) is 9.97 Å². The van der Waals surface area contributed by atoms with Gasteiger partial charge >= 0.3 is 0 Å². The zero-order valence-corrected chi connectivity index (χ0v) is 17.6. The van der Waals surface area contributed by atoms with Gasteiger partial charge in [0, 0.05) is 30.9 Å². The van der Waals surface area contributed by atoms with Crippen molar-refractivity contribution in [3.05, 3.63) is 70.2 Å². The summed E-state index contributed by atoms with van der Waals surface area (Å²) in [5, 5.41) is 12.9. The molecular weight excluding hydrogens is 400 g/mol. The highest BCUT2D eigenvalue weighted by molar-refractivity contribution is 7.98. The zero-order chi connectivity index (χ0) is 20.2. The quantitative estimate of drug-likeness (QED) is 0.295. The average Bonchev–Trinajstić information content (AvgIpc) is 3.37. The monoisotopic (exact) mass is 418 g/mol. The maximum absolute atomic E-state index is 9.59. The molecule has 0 saturated heterocycles. The van der Waals surface area contributed by atoms with Crippen molar-refractivity contribution in [3.63, 3.8) is 0 Å². The summed E-state index contributed by atoms with van der Waals surface area (Å²) >= 11 is 2.97. The van der Waals surface area contributed by atoms with Crippen LogP contribution in [0.4, 0.5) is 5.69 Å². The molecule has 0 atom stereocenters. The van der Waals surface area contributed by atoms with Crippen LogP contribution in [0, 0.1) is 11.3 Å². The lowest BCUT2D eigenvalue weighted by Crippen LogP contribution is -2.07. The third-order valence-corrected chi connectivity index (χ3v) is 6.03. The Labute approximate surface area is 177 Å². The lowest BCUT2D eigenvalue weighted by atomic mass is 10.1. The van der Waals surface area contributed by atoms with E-state index in [9.17, 15) is 5.26 Å². The van der Waals surface area contributed by atoms with Gasteiger partial charge in [0.2, 0.25) is 0 Å². The van der Waals surface area contributed by atoms with Gasteiger partial charge in [0.05, 0.1) is 11.3 Å². The Balaban J connectivity index is 1.47. The number of thiazole rings is 1. The fraction of sp³-hybridized carbons (Fsp3) is 0.136. The molecule has 0 bridgehead atoms. The van der Waals surface area contributed by atoms with E-state index in [4.69, 9.17) is 4.42 Å². The second kappa shape index (κ2) is 8.52. The van der Waals surface area contributed by atoms with Crippen molar-refractivity contribution in [1.29, 1.82) is 5.26 Å². The van der Waals surface area contributed by atoms with Crippen LogP contribution in [0.1, 0.15) is 16.3 Å². The van der Waals surface area contributed by atoms with Crippen molar-refractivity contribution in [3.8, 4) is 6.07 Å². The first-order valence-electron chi connectivity index (χ1n) is 8.95. The third-order valence-electron chi connectivity index (χ3n) is 4.24. The second-order valence-electron chi connectivity index (χ2n) is 6.54. The molecule has 4 rings (SSSR count). The van der Waals surface area contributed by atoms with E-state index in [1.165, 1.54) is 23.1 Å². The van der Waals surface area contributed by atoms with Gasteiger partial charge in [-0.15, -0.1) is 11.3 Å². The molecule has 7 heteroatoms. The standard InChI is InChI=1S/C22H18N4OS2/c1-26(2)18-9-7-15(8-10-18)11-16(12-23)21-24-17(13-28-21)14-29-22-25-19-5-3-4-6-20(19)27-22/h3-11,13H,14H2,1-2H3/b16-11+. The number of rotatable bonds is 6. The summed E-state index contributed by atoms with van der Waals surface area (Å²) in [6.45, 7) is 0. The molecule has 144 valence electrons. The molecule has 29 heavy (non-hydrogen) atoms. The molecule has 0 unspecified atom stereocenters. The van der Waals surface area contributed by atoms with Crippen LogP contribution in [0.15, 0.2) is 63.6 Å². The van der Waals surface area contributed by atoms with Gasteiger partial charge in [0.25, 0.3) is 5.22 Å². The number of fused-ring (bicyclic) bond motifs is 1. The summed E-state index contributed by atoms with van der Waals surface area (Å²) in [6, 6.07) is 18.0. The Morgan fingerprint density at radius 1 is 1.17 bits per heavy atom. The van der Waals surface area contributed by atoms with E-state index >= 15 is 0 Å². The first kappa shape index (κ1) is 19.2. The molecule has 0 amide bonds. The second-order valence-corrected chi connectivity index (χ2v) is 8.32. The smallest absolute Gasteiger partial charge is 0.257 e. The minimum Gasteiger partial charge on any atom is -0.431 e. The van der Waals surface area contributed by atoms with Crippen molar-refractivity contribution in [2.24, 2.45) is 0 Å². The molecule has 5 nitrogen and oxygen atoms in total. The van der Waals surface area contributed by atoms with Gasteiger partial charge in [0.1, 0.15) is 16.6 Å². The molecule has 4 aromatic rings. The van der Waals surface area contributed by atoms with Crippen molar-refractivity contribution in [2.75, 3.05) is 19.0 Å². The minimum absolute atomic E-state index is 0.561. The van der Waals surface area contributed by atoms with Gasteiger partial charge in [-0.1, -0.05) is 36.0 Å². The van der Waals surface area contributed by atoms with E-state index < -0.39 is 0 Å². The molecule has 0 spiro atoms. The Morgan fingerprint density at radius 3 is 2.69 bits per heavy atom. The number of anilines is 1. The van der Waals surface area contributed by atoms with Crippen LogP contribution in [0.3, 0.4) is 0 Å². The third kappa shape index (κ3) is 4.50. The first-order valence-corrected chi connectivity index (χ1v) is 10.8. The molecular formula is C22H18N4OS2. The highest BCUT2D eigenvalue weighted by Gasteiger charge is 2.11. The number of thioether (sulfide) groups is 1. The molecule has 0 N–H and O–H groups in total. The van der Waals surface area contributed by atoms with Crippen LogP contribution in [0.5, 0.6) is 0 Å². The van der Waals surface area contributed by atoms with Gasteiger partial charge in [-0.3, -0.25) is 0 Å². The van der Waals surface area contributed by atoms with Crippen LogP contribution in [0.2, 0.25) is 0 Å². The number of oxazole rings is 1. The SMILES string of the molecule is CN(C)c1ccc(/C=C(\C#N)c2nc(CSc3nc4ccccc4o3)cs2)cc1. The van der Waals surface area contributed by atoms with Crippen LogP contribution in [-0.2, 0) is 5.75 Å². The fourth-order valence-electron chi connectivity index (χ4n) is 2.72. The van der Waals surface area contributed by atoms with Crippen LogP contribution in [-0.4, -0.2) is 24.1 Å². The molecule has 2 heterocycles. The van der Waals surface area contributed by atoms with E-state index in [0.717, 1.165) is 33.1 Å². The highest BCUT2D eigenvalue weighted by Crippen LogP contribution is 2.28. The molecule has 0 radical (unpaired) electrons. The van der Waals surface area contributed by atoms with E-state index in [1.54, 1.807) is 0 Å². The summed E-state index contributed by atoms with van der Waals surface area (Å²) in [6.07, 6.45) is 1.87. The van der Waals surface area contributed by atoms with Crippen LogP contribution in [0.25, 0.3) is 22.7 Å². The summed E-state index contributed by atoms with van der Waals surface area (Å²) in [4.78, 5) is 11.1. The summed E-state index contributed by atoms with van der Waals surface area (Å²) in [7, 11) is 4.00. The molecule has 0 aliphatic rings. The molecule has 0 saturated carbocycles. The normalized spacial score (nSPS) is 11.6. The molecule has 0 fully saturated rings. The van der Waals surface area contributed by atoms with E-state index in [1.807, 2.05) is 79.0 Å². The first-order chi connectivity index (χ1) is 14.1. The molecule has 0 aliphatic carbocycles. The van der Waals surface area contributed by atoms with Gasteiger partial charge < -0.3 is 9.32 Å². The zero-order valence-electron chi connectivity index (χ0n) is 16.0. The number of para-hydroxylation sites is 2.